The zero-order valence-electron chi connectivity index (χ0n) is 13.8. The van der Waals surface area contributed by atoms with Crippen LogP contribution in [-0.4, -0.2) is 46.1 Å². The first-order valence-corrected chi connectivity index (χ1v) is 7.81. The molecule has 0 spiro atoms. The van der Waals surface area contributed by atoms with Crippen LogP contribution in [-0.2, 0) is 11.2 Å². The molecule has 138 valence electrons. The number of hydrogen-bond donors (Lipinski definition) is 2. The van der Waals surface area contributed by atoms with Crippen molar-refractivity contribution in [2.24, 2.45) is 17.8 Å². The number of hydrogen-bond acceptors (Lipinski definition) is 3. The van der Waals surface area contributed by atoms with Crippen LogP contribution in [0.15, 0.2) is 16.9 Å². The summed E-state index contributed by atoms with van der Waals surface area (Å²) < 4.78 is 39.1. The molecule has 1 aromatic rings. The Bertz CT molecular complexity index is 727. The van der Waals surface area contributed by atoms with Gasteiger partial charge < -0.3 is 15.0 Å². The molecule has 0 aliphatic carbocycles. The number of aliphatic carboxylic acids is 1. The van der Waals surface area contributed by atoms with E-state index in [0.29, 0.717) is 12.1 Å². The molecule has 1 aliphatic heterocycles. The Morgan fingerprint density at radius 1 is 1.32 bits per heavy atom. The zero-order chi connectivity index (χ0) is 18.9. The maximum Gasteiger partial charge on any atom is 0.394 e. The first-order valence-electron chi connectivity index (χ1n) is 7.81. The number of amides is 1. The standard InChI is InChI=1S/C16H19F3N2O4/c1-8(2)3-10-4-9(5-13(22)20-10)14(23)21-6-11(15(24)25)12(7-21)16(17,18)19/h4-5,8,11-12H,3,6-7H2,1-2H3,(H,20,22)(H,24,25)/t11-,12-/m1/s1. The Kier molecular flexibility index (Phi) is 5.24. The number of rotatable bonds is 4. The lowest BCUT2D eigenvalue weighted by Crippen LogP contribution is -2.34. The number of aromatic amines is 1. The minimum Gasteiger partial charge on any atom is -0.481 e. The minimum absolute atomic E-state index is 0.0358. The summed E-state index contributed by atoms with van der Waals surface area (Å²) in [5.41, 5.74) is -0.0542. The Morgan fingerprint density at radius 3 is 2.44 bits per heavy atom. The summed E-state index contributed by atoms with van der Waals surface area (Å²) >= 11 is 0. The van der Waals surface area contributed by atoms with Crippen molar-refractivity contribution < 1.29 is 27.9 Å². The molecule has 1 amide bonds. The van der Waals surface area contributed by atoms with E-state index in [1.165, 1.54) is 6.07 Å². The summed E-state index contributed by atoms with van der Waals surface area (Å²) in [6.07, 6.45) is -4.21. The van der Waals surface area contributed by atoms with Gasteiger partial charge in [0.25, 0.3) is 5.91 Å². The van der Waals surface area contributed by atoms with Crippen LogP contribution in [0, 0.1) is 17.8 Å². The van der Waals surface area contributed by atoms with Crippen LogP contribution in [0.5, 0.6) is 0 Å². The number of H-pyrrole nitrogens is 1. The number of carbonyl (C=O) groups excluding carboxylic acids is 1. The number of likely N-dealkylation sites (tertiary alicyclic amines) is 1. The zero-order valence-corrected chi connectivity index (χ0v) is 13.8. The van der Waals surface area contributed by atoms with E-state index in [2.05, 4.69) is 4.98 Å². The molecular weight excluding hydrogens is 341 g/mol. The summed E-state index contributed by atoms with van der Waals surface area (Å²) in [6.45, 7) is 2.56. The van der Waals surface area contributed by atoms with E-state index in [9.17, 15) is 27.6 Å². The van der Waals surface area contributed by atoms with Crippen molar-refractivity contribution >= 4 is 11.9 Å². The SMILES string of the molecule is CC(C)Cc1cc(C(=O)N2C[C@@H](C(F)(F)F)[C@H](C(=O)O)C2)cc(=O)[nH]1. The second kappa shape index (κ2) is 6.89. The van der Waals surface area contributed by atoms with E-state index in [1.54, 1.807) is 0 Å². The molecule has 1 fully saturated rings. The molecule has 0 radical (unpaired) electrons. The van der Waals surface area contributed by atoms with Gasteiger partial charge in [-0.3, -0.25) is 14.4 Å². The second-order valence-electron chi connectivity index (χ2n) is 6.66. The Balaban J connectivity index is 2.28. The first-order chi connectivity index (χ1) is 11.5. The largest absolute Gasteiger partial charge is 0.481 e. The number of carboxylic acids is 1. The Morgan fingerprint density at radius 2 is 1.96 bits per heavy atom. The van der Waals surface area contributed by atoms with E-state index in [4.69, 9.17) is 5.11 Å². The monoisotopic (exact) mass is 360 g/mol. The molecule has 6 nitrogen and oxygen atoms in total. The van der Waals surface area contributed by atoms with E-state index >= 15 is 0 Å². The van der Waals surface area contributed by atoms with E-state index in [1.807, 2.05) is 13.8 Å². The summed E-state index contributed by atoms with van der Waals surface area (Å²) in [5, 5.41) is 9.01. The predicted octanol–water partition coefficient (Wildman–Crippen LogP) is 1.91. The number of nitrogens with one attached hydrogen (secondary N) is 1. The quantitative estimate of drug-likeness (QED) is 0.858. The molecule has 25 heavy (non-hydrogen) atoms. The highest BCUT2D eigenvalue weighted by molar-refractivity contribution is 5.95. The van der Waals surface area contributed by atoms with E-state index in [0.717, 1.165) is 11.0 Å². The second-order valence-corrected chi connectivity index (χ2v) is 6.66. The fourth-order valence-corrected chi connectivity index (χ4v) is 3.01. The van der Waals surface area contributed by atoms with Gasteiger partial charge in [0, 0.05) is 30.4 Å². The molecule has 2 heterocycles. The molecule has 0 saturated carbocycles. The van der Waals surface area contributed by atoms with Gasteiger partial charge >= 0.3 is 12.1 Å². The molecule has 1 aliphatic rings. The topological polar surface area (TPSA) is 90.5 Å². The number of halogens is 3. The number of carboxylic acid groups (broad SMARTS) is 1. The number of alkyl halides is 3. The van der Waals surface area contributed by atoms with Crippen LogP contribution in [0.4, 0.5) is 13.2 Å². The smallest absolute Gasteiger partial charge is 0.394 e. The normalized spacial score (nSPS) is 21.0. The number of aromatic nitrogens is 1. The van der Waals surface area contributed by atoms with Crippen LogP contribution in [0.3, 0.4) is 0 Å². The molecule has 1 saturated heterocycles. The molecule has 2 rings (SSSR count). The minimum atomic E-state index is -4.71. The fourth-order valence-electron chi connectivity index (χ4n) is 3.01. The molecule has 2 atom stereocenters. The molecule has 1 aromatic heterocycles. The molecule has 0 unspecified atom stereocenters. The maximum absolute atomic E-state index is 13.0. The number of carbonyl (C=O) groups is 2. The molecule has 2 N–H and O–H groups in total. The van der Waals surface area contributed by atoms with Crippen molar-refractivity contribution in [1.29, 1.82) is 0 Å². The van der Waals surface area contributed by atoms with Gasteiger partial charge in [-0.2, -0.15) is 13.2 Å². The Hall–Kier alpha value is -2.32. The summed E-state index contributed by atoms with van der Waals surface area (Å²) in [7, 11) is 0. The van der Waals surface area contributed by atoms with Gasteiger partial charge in [0.2, 0.25) is 5.56 Å². The molecule has 9 heteroatoms. The summed E-state index contributed by atoms with van der Waals surface area (Å²) in [4.78, 5) is 38.7. The van der Waals surface area contributed by atoms with E-state index in [-0.39, 0.29) is 11.5 Å². The van der Waals surface area contributed by atoms with Gasteiger partial charge in [0.05, 0.1) is 11.8 Å². The lowest BCUT2D eigenvalue weighted by Gasteiger charge is -2.18. The molecular formula is C16H19F3N2O4. The van der Waals surface area contributed by atoms with Crippen LogP contribution >= 0.6 is 0 Å². The summed E-state index contributed by atoms with van der Waals surface area (Å²) in [5.74, 6) is -5.98. The fraction of sp³-hybridized carbons (Fsp3) is 0.562. The van der Waals surface area contributed by atoms with Crippen molar-refractivity contribution in [3.63, 3.8) is 0 Å². The molecule has 0 bridgehead atoms. The van der Waals surface area contributed by atoms with Gasteiger partial charge in [0.1, 0.15) is 0 Å². The van der Waals surface area contributed by atoms with Gasteiger partial charge in [-0.25, -0.2) is 0 Å². The van der Waals surface area contributed by atoms with Gasteiger partial charge in [-0.1, -0.05) is 13.8 Å². The van der Waals surface area contributed by atoms with Crippen molar-refractivity contribution in [2.45, 2.75) is 26.4 Å². The van der Waals surface area contributed by atoms with Crippen LogP contribution < -0.4 is 5.56 Å². The highest BCUT2D eigenvalue weighted by atomic mass is 19.4. The maximum atomic E-state index is 13.0. The van der Waals surface area contributed by atoms with Crippen LogP contribution in [0.2, 0.25) is 0 Å². The van der Waals surface area contributed by atoms with E-state index < -0.39 is 48.5 Å². The summed E-state index contributed by atoms with van der Waals surface area (Å²) in [6, 6.07) is 2.45. The highest BCUT2D eigenvalue weighted by Gasteiger charge is 2.53. The third-order valence-corrected chi connectivity index (χ3v) is 4.12. The van der Waals surface area contributed by atoms with Gasteiger partial charge in [-0.05, 0) is 18.4 Å². The van der Waals surface area contributed by atoms with Crippen molar-refractivity contribution in [3.05, 3.63) is 33.7 Å². The van der Waals surface area contributed by atoms with Crippen LogP contribution in [0.1, 0.15) is 29.9 Å². The van der Waals surface area contributed by atoms with Gasteiger partial charge in [0.15, 0.2) is 0 Å². The number of pyridine rings is 1. The van der Waals surface area contributed by atoms with Crippen molar-refractivity contribution in [3.8, 4) is 0 Å². The molecule has 0 aromatic carbocycles. The van der Waals surface area contributed by atoms with Crippen molar-refractivity contribution in [1.82, 2.24) is 9.88 Å². The Labute approximate surface area is 141 Å². The van der Waals surface area contributed by atoms with Crippen LogP contribution in [0.25, 0.3) is 0 Å². The van der Waals surface area contributed by atoms with Crippen molar-refractivity contribution in [2.75, 3.05) is 13.1 Å². The highest BCUT2D eigenvalue weighted by Crippen LogP contribution is 2.38. The third-order valence-electron chi connectivity index (χ3n) is 4.12. The lowest BCUT2D eigenvalue weighted by atomic mass is 9.96. The first kappa shape index (κ1) is 19.0. The predicted molar refractivity (Wildman–Crippen MR) is 82.2 cm³/mol. The number of nitrogens with zero attached hydrogens (tertiary/aromatic N) is 1. The van der Waals surface area contributed by atoms with Gasteiger partial charge in [-0.15, -0.1) is 0 Å². The average Bonchev–Trinajstić information content (AvgIpc) is 2.90. The average molecular weight is 360 g/mol. The lowest BCUT2D eigenvalue weighted by molar-refractivity contribution is -0.187. The third kappa shape index (κ3) is 4.40.